The van der Waals surface area contributed by atoms with Crippen LogP contribution in [0, 0.1) is 17.1 Å². The number of nitriles is 1. The van der Waals surface area contributed by atoms with Gasteiger partial charge in [-0.3, -0.25) is 4.90 Å². The van der Waals surface area contributed by atoms with Gasteiger partial charge in [0.05, 0.1) is 5.56 Å². The molecule has 1 heterocycles. The van der Waals surface area contributed by atoms with Crippen LogP contribution >= 0.6 is 11.8 Å². The van der Waals surface area contributed by atoms with E-state index in [-0.39, 0.29) is 16.1 Å². The first kappa shape index (κ1) is 13.4. The molecule has 0 aromatic heterocycles. The Morgan fingerprint density at radius 3 is 2.94 bits per heavy atom. The quantitative estimate of drug-likeness (QED) is 0.821. The van der Waals surface area contributed by atoms with Crippen LogP contribution in [0.1, 0.15) is 25.0 Å². The Hall–Kier alpha value is -1.05. The Balaban J connectivity index is 2.13. The molecule has 1 aromatic rings. The van der Waals surface area contributed by atoms with Crippen LogP contribution in [0.5, 0.6) is 0 Å². The second-order valence-electron chi connectivity index (χ2n) is 5.21. The molecule has 1 saturated heterocycles. The summed E-state index contributed by atoms with van der Waals surface area (Å²) in [7, 11) is 0. The van der Waals surface area contributed by atoms with E-state index in [2.05, 4.69) is 18.7 Å². The first-order chi connectivity index (χ1) is 8.52. The van der Waals surface area contributed by atoms with E-state index < -0.39 is 0 Å². The van der Waals surface area contributed by atoms with Gasteiger partial charge in [-0.1, -0.05) is 12.1 Å². The fourth-order valence-corrected chi connectivity index (χ4v) is 3.45. The first-order valence-electron chi connectivity index (χ1n) is 6.06. The molecule has 0 atom stereocenters. The zero-order valence-corrected chi connectivity index (χ0v) is 11.6. The largest absolute Gasteiger partial charge is 0.297 e. The number of nitrogens with zero attached hydrogens (tertiary/aromatic N) is 2. The summed E-state index contributed by atoms with van der Waals surface area (Å²) in [5, 5.41) is 8.82. The van der Waals surface area contributed by atoms with E-state index in [1.54, 1.807) is 12.1 Å². The molecule has 1 aliphatic rings. The van der Waals surface area contributed by atoms with E-state index in [1.807, 2.05) is 17.8 Å². The maximum absolute atomic E-state index is 14.0. The number of rotatable bonds is 2. The van der Waals surface area contributed by atoms with E-state index in [1.165, 1.54) is 6.07 Å². The molecular weight excluding hydrogens is 247 g/mol. The van der Waals surface area contributed by atoms with Crippen LogP contribution in [0.3, 0.4) is 0 Å². The normalized spacial score (nSPS) is 19.4. The predicted molar refractivity (Wildman–Crippen MR) is 72.9 cm³/mol. The first-order valence-corrected chi connectivity index (χ1v) is 7.04. The molecule has 0 aliphatic carbocycles. The van der Waals surface area contributed by atoms with Crippen LogP contribution < -0.4 is 0 Å². The van der Waals surface area contributed by atoms with Crippen molar-refractivity contribution in [1.29, 1.82) is 5.26 Å². The molecule has 0 spiro atoms. The Morgan fingerprint density at radius 1 is 1.50 bits per heavy atom. The molecule has 0 bridgehead atoms. The van der Waals surface area contributed by atoms with Gasteiger partial charge in [-0.25, -0.2) is 4.39 Å². The lowest BCUT2D eigenvalue weighted by Crippen LogP contribution is -2.42. The average Bonchev–Trinajstić information content (AvgIpc) is 2.31. The van der Waals surface area contributed by atoms with Gasteiger partial charge in [-0.05, 0) is 19.9 Å². The molecule has 18 heavy (non-hydrogen) atoms. The lowest BCUT2D eigenvalue weighted by molar-refractivity contribution is 0.249. The highest BCUT2D eigenvalue weighted by Crippen LogP contribution is 2.30. The number of thioether (sulfide) groups is 1. The lowest BCUT2D eigenvalue weighted by Gasteiger charge is -2.37. The van der Waals surface area contributed by atoms with Crippen molar-refractivity contribution >= 4 is 11.8 Å². The van der Waals surface area contributed by atoms with Gasteiger partial charge >= 0.3 is 0 Å². The summed E-state index contributed by atoms with van der Waals surface area (Å²) < 4.78 is 14.2. The monoisotopic (exact) mass is 264 g/mol. The second kappa shape index (κ2) is 5.29. The van der Waals surface area contributed by atoms with Gasteiger partial charge < -0.3 is 0 Å². The minimum Gasteiger partial charge on any atom is -0.297 e. The Bertz CT molecular complexity index is 479. The topological polar surface area (TPSA) is 27.0 Å². The van der Waals surface area contributed by atoms with E-state index >= 15 is 0 Å². The molecule has 2 rings (SSSR count). The third kappa shape index (κ3) is 3.04. The third-order valence-corrected chi connectivity index (χ3v) is 4.40. The maximum atomic E-state index is 14.0. The zero-order chi connectivity index (χ0) is 13.2. The standard InChI is InChI=1S/C14H17FN2S/c1-14(2)10-17(6-7-18-14)9-12-5-3-4-11(8-16)13(12)15/h3-5H,6-7,9-10H2,1-2H3. The molecule has 0 saturated carbocycles. The summed E-state index contributed by atoms with van der Waals surface area (Å²) in [4.78, 5) is 2.26. The van der Waals surface area contributed by atoms with Gasteiger partial charge in [0, 0.05) is 35.7 Å². The molecule has 0 unspecified atom stereocenters. The van der Waals surface area contributed by atoms with Crippen LogP contribution in [0.15, 0.2) is 18.2 Å². The minimum absolute atomic E-state index is 0.137. The van der Waals surface area contributed by atoms with E-state index in [4.69, 9.17) is 5.26 Å². The fourth-order valence-electron chi connectivity index (χ4n) is 2.28. The Kier molecular flexibility index (Phi) is 3.94. The number of hydrogen-bond acceptors (Lipinski definition) is 3. The Morgan fingerprint density at radius 2 is 2.28 bits per heavy atom. The molecule has 4 heteroatoms. The van der Waals surface area contributed by atoms with Gasteiger partial charge in [0.2, 0.25) is 0 Å². The SMILES string of the molecule is CC1(C)CN(Cc2cccc(C#N)c2F)CCS1. The van der Waals surface area contributed by atoms with E-state index in [9.17, 15) is 4.39 Å². The molecule has 1 aromatic carbocycles. The molecule has 0 N–H and O–H groups in total. The number of halogens is 1. The van der Waals surface area contributed by atoms with E-state index in [0.717, 1.165) is 18.8 Å². The molecule has 1 aliphatic heterocycles. The molecule has 1 fully saturated rings. The molecule has 0 amide bonds. The van der Waals surface area contributed by atoms with Gasteiger partial charge in [0.25, 0.3) is 0 Å². The maximum Gasteiger partial charge on any atom is 0.145 e. The third-order valence-electron chi connectivity index (χ3n) is 3.10. The van der Waals surface area contributed by atoms with E-state index in [0.29, 0.717) is 12.1 Å². The number of benzene rings is 1. The van der Waals surface area contributed by atoms with Gasteiger partial charge in [-0.15, -0.1) is 0 Å². The summed E-state index contributed by atoms with van der Waals surface area (Å²) in [6.45, 7) is 6.95. The van der Waals surface area contributed by atoms with Crippen LogP contribution in [-0.4, -0.2) is 28.5 Å². The van der Waals surface area contributed by atoms with Crippen molar-refractivity contribution in [3.05, 3.63) is 35.1 Å². The summed E-state index contributed by atoms with van der Waals surface area (Å²) in [6.07, 6.45) is 0. The van der Waals surface area contributed by atoms with Crippen molar-refractivity contribution < 1.29 is 4.39 Å². The van der Waals surface area contributed by atoms with Crippen LogP contribution in [0.25, 0.3) is 0 Å². The van der Waals surface area contributed by atoms with Crippen molar-refractivity contribution in [2.75, 3.05) is 18.8 Å². The Labute approximate surface area is 112 Å². The number of hydrogen-bond donors (Lipinski definition) is 0. The minimum atomic E-state index is -0.365. The van der Waals surface area contributed by atoms with Gasteiger partial charge in [0.1, 0.15) is 11.9 Å². The summed E-state index contributed by atoms with van der Waals surface area (Å²) in [5.74, 6) is 0.711. The van der Waals surface area contributed by atoms with Crippen molar-refractivity contribution in [3.63, 3.8) is 0 Å². The molecule has 96 valence electrons. The summed E-state index contributed by atoms with van der Waals surface area (Å²) in [5.41, 5.74) is 0.759. The fraction of sp³-hybridized carbons (Fsp3) is 0.500. The van der Waals surface area contributed by atoms with Crippen LogP contribution in [0.4, 0.5) is 4.39 Å². The average molecular weight is 264 g/mol. The predicted octanol–water partition coefficient (Wildman–Crippen LogP) is 3.02. The highest BCUT2D eigenvalue weighted by atomic mass is 32.2. The van der Waals surface area contributed by atoms with Crippen LogP contribution in [-0.2, 0) is 6.54 Å². The zero-order valence-electron chi connectivity index (χ0n) is 10.7. The molecular formula is C14H17FN2S. The summed E-state index contributed by atoms with van der Waals surface area (Å²) >= 11 is 1.96. The molecule has 0 radical (unpaired) electrons. The smallest absolute Gasteiger partial charge is 0.145 e. The van der Waals surface area contributed by atoms with Crippen molar-refractivity contribution in [2.24, 2.45) is 0 Å². The van der Waals surface area contributed by atoms with Gasteiger partial charge in [-0.2, -0.15) is 17.0 Å². The van der Waals surface area contributed by atoms with Crippen molar-refractivity contribution in [2.45, 2.75) is 25.1 Å². The van der Waals surface area contributed by atoms with Crippen molar-refractivity contribution in [3.8, 4) is 6.07 Å². The highest BCUT2D eigenvalue weighted by Gasteiger charge is 2.27. The summed E-state index contributed by atoms with van der Waals surface area (Å²) in [6, 6.07) is 6.93. The van der Waals surface area contributed by atoms with Gasteiger partial charge in [0.15, 0.2) is 0 Å². The second-order valence-corrected chi connectivity index (χ2v) is 7.01. The molecule has 2 nitrogen and oxygen atoms in total. The lowest BCUT2D eigenvalue weighted by atomic mass is 10.1. The van der Waals surface area contributed by atoms with Crippen molar-refractivity contribution in [1.82, 2.24) is 4.90 Å². The van der Waals surface area contributed by atoms with Crippen LogP contribution in [0.2, 0.25) is 0 Å². The highest BCUT2D eigenvalue weighted by molar-refractivity contribution is 8.00.